The van der Waals surface area contributed by atoms with Crippen LogP contribution in [0.2, 0.25) is 0 Å². The molecular weight excluding hydrogens is 652 g/mol. The predicted octanol–water partition coefficient (Wildman–Crippen LogP) is 4.87. The number of ether oxygens (including phenoxy) is 2. The zero-order chi connectivity index (χ0) is 36.3. The average molecular weight is 699 g/mol. The van der Waals surface area contributed by atoms with Gasteiger partial charge in [-0.05, 0) is 82.1 Å². The van der Waals surface area contributed by atoms with Gasteiger partial charge in [0.1, 0.15) is 11.8 Å². The molecule has 12 heteroatoms. The van der Waals surface area contributed by atoms with Gasteiger partial charge < -0.3 is 20.1 Å². The zero-order valence-corrected chi connectivity index (χ0v) is 29.5. The fourth-order valence-electron chi connectivity index (χ4n) is 7.73. The third kappa shape index (κ3) is 7.33. The van der Waals surface area contributed by atoms with Crippen LogP contribution in [0.3, 0.4) is 0 Å². The van der Waals surface area contributed by atoms with Crippen LogP contribution in [0.1, 0.15) is 114 Å². The van der Waals surface area contributed by atoms with Gasteiger partial charge >= 0.3 is 0 Å². The molecule has 1 saturated heterocycles. The standard InChI is InChI=1S/C39H46N4O8/c1-23-13-14-24(2)27(22-23)33-34(39(42-36(33)47)19-17-25(50-3)18-20-39)51-21-8-6-4-5-7-12-30(44)40-28-11-9-10-26-32(28)38(49)43(37(26)48)29-15-16-31(45)41-35(29)46/h9-11,13-14,22,25,29H,4-8,12,15-21H2,1-3H3,(H,40,44)(H,42,47)(H,41,45,46). The summed E-state index contributed by atoms with van der Waals surface area (Å²) >= 11 is 0. The number of fused-ring (bicyclic) bond motifs is 1. The molecule has 0 radical (unpaired) electrons. The number of nitrogens with zero attached hydrogens (tertiary/aromatic N) is 1. The second kappa shape index (κ2) is 15.2. The van der Waals surface area contributed by atoms with Gasteiger partial charge in [0.25, 0.3) is 17.7 Å². The number of carbonyl (C=O) groups is 6. The monoisotopic (exact) mass is 698 g/mol. The number of hydrogen-bond acceptors (Lipinski definition) is 8. The molecule has 270 valence electrons. The maximum atomic E-state index is 13.5. The molecule has 0 aromatic heterocycles. The Hall–Kier alpha value is -4.84. The van der Waals surface area contributed by atoms with E-state index in [0.717, 1.165) is 78.7 Å². The lowest BCUT2D eigenvalue weighted by atomic mass is 9.79. The molecule has 6 amide bonds. The van der Waals surface area contributed by atoms with Crippen LogP contribution in [0, 0.1) is 13.8 Å². The highest BCUT2D eigenvalue weighted by molar-refractivity contribution is 6.26. The molecule has 3 N–H and O–H groups in total. The Kier molecular flexibility index (Phi) is 10.7. The third-order valence-electron chi connectivity index (χ3n) is 10.6. The maximum absolute atomic E-state index is 13.5. The van der Waals surface area contributed by atoms with Crippen molar-refractivity contribution in [1.82, 2.24) is 15.5 Å². The summed E-state index contributed by atoms with van der Waals surface area (Å²) in [7, 11) is 1.73. The fourth-order valence-corrected chi connectivity index (χ4v) is 7.73. The fraction of sp³-hybridized carbons (Fsp3) is 0.487. The number of amides is 6. The van der Waals surface area contributed by atoms with Gasteiger partial charge in [0, 0.05) is 20.0 Å². The Bertz CT molecular complexity index is 1790. The number of hydrogen-bond donors (Lipinski definition) is 3. The molecule has 1 spiro atoms. The van der Waals surface area contributed by atoms with Crippen molar-refractivity contribution in [3.05, 3.63) is 70.0 Å². The largest absolute Gasteiger partial charge is 0.495 e. The van der Waals surface area contributed by atoms with Gasteiger partial charge in [0.2, 0.25) is 17.7 Å². The number of carbonyl (C=O) groups excluding carboxylic acids is 6. The van der Waals surface area contributed by atoms with Gasteiger partial charge in [-0.1, -0.05) is 49.1 Å². The summed E-state index contributed by atoms with van der Waals surface area (Å²) in [6.07, 6.45) is 7.77. The first-order chi connectivity index (χ1) is 24.5. The van der Waals surface area contributed by atoms with Gasteiger partial charge in [-0.3, -0.25) is 39.0 Å². The highest BCUT2D eigenvalue weighted by Crippen LogP contribution is 2.44. The van der Waals surface area contributed by atoms with Crippen molar-refractivity contribution >= 4 is 46.7 Å². The van der Waals surface area contributed by atoms with Crippen LogP contribution in [0.25, 0.3) is 5.57 Å². The van der Waals surface area contributed by atoms with Crippen molar-refractivity contribution in [1.29, 1.82) is 0 Å². The topological polar surface area (TPSA) is 160 Å². The summed E-state index contributed by atoms with van der Waals surface area (Å²) < 4.78 is 12.1. The van der Waals surface area contributed by atoms with E-state index in [1.54, 1.807) is 19.2 Å². The lowest BCUT2D eigenvalue weighted by molar-refractivity contribution is -0.136. The van der Waals surface area contributed by atoms with Crippen LogP contribution in [0.15, 0.2) is 42.2 Å². The number of methoxy groups -OCH3 is 1. The minimum absolute atomic E-state index is 0.0298. The first-order valence-electron chi connectivity index (χ1n) is 18.0. The van der Waals surface area contributed by atoms with E-state index >= 15 is 0 Å². The van der Waals surface area contributed by atoms with Gasteiger partial charge in [0.15, 0.2) is 0 Å². The lowest BCUT2D eigenvalue weighted by Gasteiger charge is -2.38. The molecule has 3 heterocycles. The van der Waals surface area contributed by atoms with E-state index < -0.39 is 35.2 Å². The molecule has 6 rings (SSSR count). The molecule has 2 fully saturated rings. The predicted molar refractivity (Wildman–Crippen MR) is 188 cm³/mol. The number of piperidine rings is 1. The molecule has 1 saturated carbocycles. The van der Waals surface area contributed by atoms with Crippen LogP contribution in [0.4, 0.5) is 5.69 Å². The molecule has 3 aliphatic heterocycles. The van der Waals surface area contributed by atoms with Gasteiger partial charge in [-0.2, -0.15) is 0 Å². The molecule has 4 aliphatic rings. The summed E-state index contributed by atoms with van der Waals surface area (Å²) in [5.41, 5.74) is 3.55. The molecule has 1 aliphatic carbocycles. The summed E-state index contributed by atoms with van der Waals surface area (Å²) in [5.74, 6) is -2.02. The highest BCUT2D eigenvalue weighted by atomic mass is 16.5. The van der Waals surface area contributed by atoms with E-state index in [0.29, 0.717) is 18.6 Å². The summed E-state index contributed by atoms with van der Waals surface area (Å²) in [5, 5.41) is 8.26. The molecule has 2 aromatic rings. The normalized spacial score (nSPS) is 23.1. The second-order valence-electron chi connectivity index (χ2n) is 14.1. The van der Waals surface area contributed by atoms with Crippen molar-refractivity contribution in [2.45, 2.75) is 109 Å². The van der Waals surface area contributed by atoms with Gasteiger partial charge in [-0.25, -0.2) is 0 Å². The molecule has 2 aromatic carbocycles. The van der Waals surface area contributed by atoms with Gasteiger partial charge in [0.05, 0.1) is 40.6 Å². The third-order valence-corrected chi connectivity index (χ3v) is 10.6. The first-order valence-corrected chi connectivity index (χ1v) is 18.0. The Morgan fingerprint density at radius 2 is 1.67 bits per heavy atom. The molecule has 0 bridgehead atoms. The molecule has 12 nitrogen and oxygen atoms in total. The van der Waals surface area contributed by atoms with Crippen LogP contribution in [-0.4, -0.2) is 71.7 Å². The Morgan fingerprint density at radius 3 is 2.41 bits per heavy atom. The summed E-state index contributed by atoms with van der Waals surface area (Å²) in [6, 6.07) is 9.72. The Morgan fingerprint density at radius 1 is 0.922 bits per heavy atom. The molecule has 1 unspecified atom stereocenters. The SMILES string of the molecule is COC1CCC2(CC1)NC(=O)C(c1cc(C)ccc1C)=C2OCCCCCCCC(=O)Nc1cccc2c1C(=O)N(C1CCC(=O)NC1=O)C2=O. The van der Waals surface area contributed by atoms with Crippen molar-refractivity contribution in [2.75, 3.05) is 19.0 Å². The van der Waals surface area contributed by atoms with E-state index in [-0.39, 0.29) is 54.0 Å². The first kappa shape index (κ1) is 36.0. The number of benzene rings is 2. The smallest absolute Gasteiger partial charge is 0.264 e. The molecular formula is C39H46N4O8. The maximum Gasteiger partial charge on any atom is 0.264 e. The van der Waals surface area contributed by atoms with E-state index in [4.69, 9.17) is 9.47 Å². The highest BCUT2D eigenvalue weighted by Gasteiger charge is 2.49. The quantitative estimate of drug-likeness (QED) is 0.197. The minimum atomic E-state index is -1.07. The van der Waals surface area contributed by atoms with Crippen molar-refractivity contribution in [2.24, 2.45) is 0 Å². The lowest BCUT2D eigenvalue weighted by Crippen LogP contribution is -2.54. The Balaban J connectivity index is 0.990. The van der Waals surface area contributed by atoms with Crippen molar-refractivity contribution in [3.8, 4) is 0 Å². The molecule has 51 heavy (non-hydrogen) atoms. The molecule has 1 atom stereocenters. The van der Waals surface area contributed by atoms with E-state index in [1.165, 1.54) is 6.07 Å². The summed E-state index contributed by atoms with van der Waals surface area (Å²) in [4.78, 5) is 77.6. The van der Waals surface area contributed by atoms with E-state index in [9.17, 15) is 28.8 Å². The average Bonchev–Trinajstić information content (AvgIpc) is 3.52. The minimum Gasteiger partial charge on any atom is -0.495 e. The van der Waals surface area contributed by atoms with Crippen molar-refractivity contribution < 1.29 is 38.2 Å². The van der Waals surface area contributed by atoms with Gasteiger partial charge in [-0.15, -0.1) is 0 Å². The number of anilines is 1. The Labute approximate surface area is 297 Å². The number of nitrogens with one attached hydrogen (secondary N) is 3. The van der Waals surface area contributed by atoms with Crippen LogP contribution >= 0.6 is 0 Å². The van der Waals surface area contributed by atoms with E-state index in [2.05, 4.69) is 22.0 Å². The van der Waals surface area contributed by atoms with E-state index in [1.807, 2.05) is 26.0 Å². The van der Waals surface area contributed by atoms with Crippen LogP contribution < -0.4 is 16.0 Å². The zero-order valence-electron chi connectivity index (χ0n) is 29.5. The number of aryl methyl sites for hydroxylation is 2. The number of unbranched alkanes of at least 4 members (excludes halogenated alkanes) is 4. The number of rotatable bonds is 13. The number of imide groups is 2. The summed E-state index contributed by atoms with van der Waals surface area (Å²) in [6.45, 7) is 4.52. The second-order valence-corrected chi connectivity index (χ2v) is 14.1. The van der Waals surface area contributed by atoms with Crippen molar-refractivity contribution in [3.63, 3.8) is 0 Å². The van der Waals surface area contributed by atoms with Crippen LogP contribution in [0.5, 0.6) is 0 Å². The van der Waals surface area contributed by atoms with Crippen LogP contribution in [-0.2, 0) is 28.7 Å².